The lowest BCUT2D eigenvalue weighted by atomic mass is 9.93. The molecule has 0 aromatic heterocycles. The molecule has 2 aromatic carbocycles. The molecule has 1 saturated heterocycles. The lowest BCUT2D eigenvalue weighted by Crippen LogP contribution is -2.47. The molecule has 0 spiro atoms. The Morgan fingerprint density at radius 2 is 1.67 bits per heavy atom. The Kier molecular flexibility index (Phi) is 6.33. The second kappa shape index (κ2) is 8.53. The van der Waals surface area contributed by atoms with E-state index >= 15 is 0 Å². The van der Waals surface area contributed by atoms with E-state index in [2.05, 4.69) is 31.0 Å². The average Bonchev–Trinajstić information content (AvgIpc) is 2.69. The number of aliphatic hydroxyl groups excluding tert-OH is 1. The van der Waals surface area contributed by atoms with Gasteiger partial charge in [-0.15, -0.1) is 0 Å². The van der Waals surface area contributed by atoms with Crippen molar-refractivity contribution in [1.82, 2.24) is 4.90 Å². The monoisotopic (exact) mass is 369 g/mol. The summed E-state index contributed by atoms with van der Waals surface area (Å²) in [6.45, 7) is 7.39. The second-order valence-corrected chi connectivity index (χ2v) is 7.96. The maximum Gasteiger partial charge on any atom is 0.163 e. The van der Waals surface area contributed by atoms with Gasteiger partial charge in [-0.2, -0.15) is 0 Å². The largest absolute Gasteiger partial charge is 0.387 e. The normalized spacial score (nSPS) is 24.5. The minimum Gasteiger partial charge on any atom is -0.387 e. The van der Waals surface area contributed by atoms with Crippen molar-refractivity contribution < 1.29 is 14.6 Å². The first-order valence-corrected chi connectivity index (χ1v) is 9.67. The molecule has 0 saturated carbocycles. The second-order valence-electron chi connectivity index (χ2n) is 7.96. The Hall–Kier alpha value is -1.72. The summed E-state index contributed by atoms with van der Waals surface area (Å²) >= 11 is 0. The molecular weight excluding hydrogens is 338 g/mol. The van der Waals surface area contributed by atoms with Crippen molar-refractivity contribution in [1.29, 1.82) is 0 Å². The zero-order chi connectivity index (χ0) is 19.4. The summed E-state index contributed by atoms with van der Waals surface area (Å²) in [7, 11) is 2.05. The molecule has 146 valence electrons. The van der Waals surface area contributed by atoms with Gasteiger partial charge in [-0.1, -0.05) is 60.7 Å². The van der Waals surface area contributed by atoms with Crippen LogP contribution in [0.25, 0.3) is 0 Å². The predicted octanol–water partition coefficient (Wildman–Crippen LogP) is 4.18. The van der Waals surface area contributed by atoms with Crippen molar-refractivity contribution in [2.45, 2.75) is 44.8 Å². The maximum atomic E-state index is 10.8. The topological polar surface area (TPSA) is 41.9 Å². The highest BCUT2D eigenvalue weighted by Crippen LogP contribution is 2.37. The lowest BCUT2D eigenvalue weighted by molar-refractivity contribution is -0.297. The highest BCUT2D eigenvalue weighted by molar-refractivity contribution is 5.20. The number of hydrogen-bond donors (Lipinski definition) is 1. The molecule has 1 fully saturated rings. The van der Waals surface area contributed by atoms with Crippen LogP contribution < -0.4 is 0 Å². The van der Waals surface area contributed by atoms with Crippen LogP contribution in [-0.2, 0) is 9.47 Å². The van der Waals surface area contributed by atoms with Gasteiger partial charge in [-0.05, 0) is 38.9 Å². The molecule has 0 amide bonds. The first-order chi connectivity index (χ1) is 12.9. The molecule has 4 atom stereocenters. The van der Waals surface area contributed by atoms with E-state index in [0.29, 0.717) is 6.61 Å². The van der Waals surface area contributed by atoms with Crippen LogP contribution in [0, 0.1) is 5.92 Å². The van der Waals surface area contributed by atoms with Crippen molar-refractivity contribution in [3.05, 3.63) is 71.8 Å². The molecule has 0 radical (unpaired) electrons. The van der Waals surface area contributed by atoms with E-state index in [1.807, 2.05) is 62.4 Å². The zero-order valence-electron chi connectivity index (χ0n) is 16.7. The summed E-state index contributed by atoms with van der Waals surface area (Å²) in [6.07, 6.45) is -0.563. The molecule has 2 aromatic rings. The van der Waals surface area contributed by atoms with Gasteiger partial charge in [-0.3, -0.25) is 0 Å². The van der Waals surface area contributed by atoms with Crippen molar-refractivity contribution in [2.24, 2.45) is 5.92 Å². The third kappa shape index (κ3) is 4.96. The fourth-order valence-corrected chi connectivity index (χ4v) is 3.67. The average molecular weight is 370 g/mol. The fourth-order valence-electron chi connectivity index (χ4n) is 3.67. The number of nitrogens with zero attached hydrogens (tertiary/aromatic N) is 1. The van der Waals surface area contributed by atoms with Crippen molar-refractivity contribution in [3.63, 3.8) is 0 Å². The molecule has 0 bridgehead atoms. The molecule has 27 heavy (non-hydrogen) atoms. The van der Waals surface area contributed by atoms with E-state index in [1.165, 1.54) is 5.56 Å². The lowest BCUT2D eigenvalue weighted by Gasteiger charge is -2.43. The third-order valence-corrected chi connectivity index (χ3v) is 5.43. The van der Waals surface area contributed by atoms with E-state index in [-0.39, 0.29) is 18.1 Å². The molecule has 1 N–H and O–H groups in total. The molecule has 4 heteroatoms. The maximum absolute atomic E-state index is 10.8. The molecule has 0 aliphatic carbocycles. The third-order valence-electron chi connectivity index (χ3n) is 5.43. The van der Waals surface area contributed by atoms with Gasteiger partial charge in [-0.25, -0.2) is 0 Å². The molecule has 3 rings (SSSR count). The smallest absolute Gasteiger partial charge is 0.163 e. The van der Waals surface area contributed by atoms with Gasteiger partial charge >= 0.3 is 0 Å². The van der Waals surface area contributed by atoms with Crippen LogP contribution in [0.1, 0.15) is 44.1 Å². The van der Waals surface area contributed by atoms with Crippen LogP contribution in [0.15, 0.2) is 60.7 Å². The highest BCUT2D eigenvalue weighted by Gasteiger charge is 2.38. The quantitative estimate of drug-likeness (QED) is 0.829. The summed E-state index contributed by atoms with van der Waals surface area (Å²) in [5, 5.41) is 10.8. The van der Waals surface area contributed by atoms with Crippen LogP contribution in [-0.4, -0.2) is 42.0 Å². The molecule has 1 aliphatic rings. The first kappa shape index (κ1) is 20.0. The summed E-state index contributed by atoms with van der Waals surface area (Å²) in [5.74, 6) is -0.402. The van der Waals surface area contributed by atoms with Crippen molar-refractivity contribution >= 4 is 0 Å². The minimum absolute atomic E-state index is 0.0150. The van der Waals surface area contributed by atoms with Crippen molar-refractivity contribution in [2.75, 3.05) is 20.2 Å². The molecule has 1 aliphatic heterocycles. The van der Waals surface area contributed by atoms with Gasteiger partial charge < -0.3 is 19.5 Å². The standard InChI is InChI=1S/C23H31NO3/c1-17(21(25)18-11-7-5-8-12-18)24(4)15-20-16-26-23(2,3)27-22(20)19-13-9-6-10-14-19/h5-14,17,20-22,25H,15-16H2,1-4H3/t17-,20+,21-,22-/m0/s1. The minimum atomic E-state index is -0.593. The zero-order valence-corrected chi connectivity index (χ0v) is 16.7. The first-order valence-electron chi connectivity index (χ1n) is 9.67. The van der Waals surface area contributed by atoms with Gasteiger partial charge in [0.05, 0.1) is 18.8 Å². The molecule has 4 nitrogen and oxygen atoms in total. The molecule has 1 heterocycles. The summed E-state index contributed by atoms with van der Waals surface area (Å²) in [4.78, 5) is 2.20. The van der Waals surface area contributed by atoms with Crippen LogP contribution in [0.3, 0.4) is 0 Å². The number of likely N-dealkylation sites (N-methyl/N-ethyl adjacent to an activating group) is 1. The highest BCUT2D eigenvalue weighted by atomic mass is 16.7. The fraction of sp³-hybridized carbons (Fsp3) is 0.478. The van der Waals surface area contributed by atoms with Crippen LogP contribution in [0.2, 0.25) is 0 Å². The van der Waals surface area contributed by atoms with E-state index < -0.39 is 11.9 Å². The van der Waals surface area contributed by atoms with E-state index in [9.17, 15) is 5.11 Å². The number of ether oxygens (including phenoxy) is 2. The molecule has 0 unspecified atom stereocenters. The van der Waals surface area contributed by atoms with E-state index in [1.54, 1.807) is 0 Å². The van der Waals surface area contributed by atoms with Crippen LogP contribution in [0.5, 0.6) is 0 Å². The van der Waals surface area contributed by atoms with Crippen LogP contribution in [0.4, 0.5) is 0 Å². The molecular formula is C23H31NO3. The summed E-state index contributed by atoms with van der Waals surface area (Å²) < 4.78 is 12.2. The number of rotatable bonds is 6. The Morgan fingerprint density at radius 1 is 1.07 bits per heavy atom. The van der Waals surface area contributed by atoms with Crippen LogP contribution >= 0.6 is 0 Å². The van der Waals surface area contributed by atoms with Gasteiger partial charge in [0.1, 0.15) is 0 Å². The van der Waals surface area contributed by atoms with E-state index in [4.69, 9.17) is 9.47 Å². The van der Waals surface area contributed by atoms with Gasteiger partial charge in [0.25, 0.3) is 0 Å². The van der Waals surface area contributed by atoms with E-state index in [0.717, 1.165) is 12.1 Å². The number of benzene rings is 2. The van der Waals surface area contributed by atoms with Gasteiger partial charge in [0, 0.05) is 18.5 Å². The Balaban J connectivity index is 1.72. The van der Waals surface area contributed by atoms with Gasteiger partial charge in [0.15, 0.2) is 5.79 Å². The Bertz CT molecular complexity index is 704. The summed E-state index contributed by atoms with van der Waals surface area (Å²) in [6, 6.07) is 20.1. The Labute approximate surface area is 162 Å². The Morgan fingerprint density at radius 3 is 2.30 bits per heavy atom. The predicted molar refractivity (Wildman–Crippen MR) is 107 cm³/mol. The number of aliphatic hydroxyl groups is 1. The SMILES string of the molecule is C[C@@H]([C@H](O)c1ccccc1)N(C)C[C@@H]1COC(C)(C)O[C@H]1c1ccccc1. The van der Waals surface area contributed by atoms with Gasteiger partial charge in [0.2, 0.25) is 0 Å². The number of hydrogen-bond acceptors (Lipinski definition) is 4. The van der Waals surface area contributed by atoms with Crippen molar-refractivity contribution in [3.8, 4) is 0 Å². The summed E-state index contributed by atoms with van der Waals surface area (Å²) in [5.41, 5.74) is 2.11.